The Hall–Kier alpha value is -0.140. The van der Waals surface area contributed by atoms with Crippen molar-refractivity contribution in [2.45, 2.75) is 158 Å². The van der Waals surface area contributed by atoms with E-state index in [1.54, 1.807) is 27.7 Å². The second-order valence-corrected chi connectivity index (χ2v) is 12.0. The zero-order chi connectivity index (χ0) is 27.8. The smallest absolute Gasteiger partial charge is 0.347 e. The molecule has 0 radical (unpaired) electrons. The van der Waals surface area contributed by atoms with E-state index >= 15 is 0 Å². The normalized spacial score (nSPS) is 16.2. The molecular formula is C24H52O9S2. The van der Waals surface area contributed by atoms with Crippen LogP contribution in [0.1, 0.15) is 115 Å². The molecule has 1 fully saturated rings. The summed E-state index contributed by atoms with van der Waals surface area (Å²) in [5.74, 6) is -0.277. The summed E-state index contributed by atoms with van der Waals surface area (Å²) < 4.78 is 62.9. The van der Waals surface area contributed by atoms with Gasteiger partial charge in [-0.3, -0.25) is 8.37 Å². The van der Waals surface area contributed by atoms with E-state index in [4.69, 9.17) is 17.8 Å². The fraction of sp³-hybridized carbons (Fsp3) is 1.00. The molecular weight excluding hydrogens is 496 g/mol. The maximum absolute atomic E-state index is 10.8. The predicted molar refractivity (Wildman–Crippen MR) is 140 cm³/mol. The Bertz CT molecular complexity index is 599. The topological polar surface area (TPSA) is 107 Å². The van der Waals surface area contributed by atoms with Crippen molar-refractivity contribution < 1.29 is 38.8 Å². The highest BCUT2D eigenvalue weighted by atomic mass is 32.3. The first-order chi connectivity index (χ1) is 15.9. The van der Waals surface area contributed by atoms with Crippen molar-refractivity contribution in [3.63, 3.8) is 0 Å². The lowest BCUT2D eigenvalue weighted by Gasteiger charge is -2.39. The standard InChI is InChI=1S/C12H24O2.C6H14O4S.C6H14O3S/c1-10(2)13-12(14-11(3)4)8-6-5-7-9-12;1-5(2)9-11(7,8)10-6(3)4;1-5(2)8-10(7)9-6(3)4/h10-11H,5-9H2,1-4H3;5-6H,1-4H3;5-6H,1-4H3. The summed E-state index contributed by atoms with van der Waals surface area (Å²) in [4.78, 5) is 0. The van der Waals surface area contributed by atoms with Gasteiger partial charge in [0.2, 0.25) is 0 Å². The molecule has 1 aliphatic carbocycles. The van der Waals surface area contributed by atoms with Gasteiger partial charge in [0, 0.05) is 12.8 Å². The van der Waals surface area contributed by atoms with E-state index in [0.29, 0.717) is 0 Å². The molecule has 1 saturated carbocycles. The first kappa shape index (κ1) is 37.0. The van der Waals surface area contributed by atoms with Crippen LogP contribution in [-0.4, -0.2) is 55.0 Å². The van der Waals surface area contributed by atoms with Crippen molar-refractivity contribution in [2.75, 3.05) is 0 Å². The molecule has 0 saturated heterocycles. The minimum atomic E-state index is -3.78. The Morgan fingerprint density at radius 1 is 0.571 bits per heavy atom. The molecule has 0 aromatic heterocycles. The summed E-state index contributed by atoms with van der Waals surface area (Å²) in [6.07, 6.45) is 5.56. The lowest BCUT2D eigenvalue weighted by atomic mass is 9.93. The molecule has 0 amide bonds. The summed E-state index contributed by atoms with van der Waals surface area (Å²) in [7, 11) is -3.78. The monoisotopic (exact) mass is 548 g/mol. The zero-order valence-electron chi connectivity index (χ0n) is 24.0. The number of rotatable bonds is 12. The van der Waals surface area contributed by atoms with Gasteiger partial charge in [-0.25, -0.2) is 8.37 Å². The Morgan fingerprint density at radius 2 is 0.914 bits per heavy atom. The Morgan fingerprint density at radius 3 is 1.17 bits per heavy atom. The van der Waals surface area contributed by atoms with Gasteiger partial charge in [-0.1, -0.05) is 6.42 Å². The van der Waals surface area contributed by atoms with E-state index in [1.807, 2.05) is 27.7 Å². The third-order valence-electron chi connectivity index (χ3n) is 3.68. The average molecular weight is 549 g/mol. The van der Waals surface area contributed by atoms with Gasteiger partial charge < -0.3 is 9.47 Å². The molecule has 0 aliphatic heterocycles. The molecule has 1 aliphatic rings. The van der Waals surface area contributed by atoms with E-state index < -0.39 is 21.8 Å². The van der Waals surface area contributed by atoms with Gasteiger partial charge in [0.25, 0.3) is 0 Å². The lowest BCUT2D eigenvalue weighted by Crippen LogP contribution is -2.42. The number of hydrogen-bond donors (Lipinski definition) is 0. The van der Waals surface area contributed by atoms with Gasteiger partial charge >= 0.3 is 21.8 Å². The number of ether oxygens (including phenoxy) is 2. The van der Waals surface area contributed by atoms with Crippen LogP contribution in [-0.2, 0) is 48.0 Å². The van der Waals surface area contributed by atoms with Crippen LogP contribution in [0.4, 0.5) is 0 Å². The highest BCUT2D eigenvalue weighted by Crippen LogP contribution is 2.34. The van der Waals surface area contributed by atoms with Gasteiger partial charge in [0.1, 0.15) is 0 Å². The summed E-state index contributed by atoms with van der Waals surface area (Å²) in [5.41, 5.74) is 0. The minimum Gasteiger partial charge on any atom is -0.347 e. The van der Waals surface area contributed by atoms with E-state index in [1.165, 1.54) is 19.3 Å². The maximum atomic E-state index is 10.8. The van der Waals surface area contributed by atoms with Gasteiger partial charge in [-0.2, -0.15) is 12.6 Å². The number of hydrogen-bond acceptors (Lipinski definition) is 9. The molecule has 0 bridgehead atoms. The molecule has 0 N–H and O–H groups in total. The van der Waals surface area contributed by atoms with Crippen LogP contribution in [0.15, 0.2) is 0 Å². The van der Waals surface area contributed by atoms with E-state index in [2.05, 4.69) is 36.1 Å². The highest BCUT2D eigenvalue weighted by molar-refractivity contribution is 7.81. The highest BCUT2D eigenvalue weighted by Gasteiger charge is 2.35. The van der Waals surface area contributed by atoms with Crippen LogP contribution in [0.3, 0.4) is 0 Å². The molecule has 0 spiro atoms. The third-order valence-corrected chi connectivity index (χ3v) is 6.00. The first-order valence-corrected chi connectivity index (χ1v) is 15.0. The largest absolute Gasteiger partial charge is 0.400 e. The Kier molecular flexibility index (Phi) is 20.1. The van der Waals surface area contributed by atoms with E-state index in [0.717, 1.165) is 12.8 Å². The molecule has 0 aromatic rings. The van der Waals surface area contributed by atoms with Crippen LogP contribution in [0.2, 0.25) is 0 Å². The fourth-order valence-electron chi connectivity index (χ4n) is 3.04. The molecule has 0 atom stereocenters. The second-order valence-electron chi connectivity index (χ2n) is 10.00. The van der Waals surface area contributed by atoms with Gasteiger partial charge in [0.15, 0.2) is 5.79 Å². The van der Waals surface area contributed by atoms with Crippen LogP contribution in [0.25, 0.3) is 0 Å². The average Bonchev–Trinajstić information content (AvgIpc) is 2.58. The van der Waals surface area contributed by atoms with Crippen LogP contribution >= 0.6 is 0 Å². The van der Waals surface area contributed by atoms with Gasteiger partial charge in [-0.05, 0) is 95.9 Å². The van der Waals surface area contributed by atoms with Crippen molar-refractivity contribution >= 4 is 21.8 Å². The lowest BCUT2D eigenvalue weighted by molar-refractivity contribution is -0.281. The van der Waals surface area contributed by atoms with Crippen molar-refractivity contribution in [3.05, 3.63) is 0 Å². The third kappa shape index (κ3) is 24.0. The van der Waals surface area contributed by atoms with E-state index in [9.17, 15) is 12.6 Å². The summed E-state index contributed by atoms with van der Waals surface area (Å²) in [5, 5.41) is 0. The van der Waals surface area contributed by atoms with E-state index in [-0.39, 0.29) is 42.4 Å². The quantitative estimate of drug-likeness (QED) is 0.272. The molecule has 214 valence electrons. The van der Waals surface area contributed by atoms with Crippen molar-refractivity contribution in [2.24, 2.45) is 0 Å². The summed E-state index contributed by atoms with van der Waals surface area (Å²) in [6.45, 7) is 22.1. The fourth-order valence-corrected chi connectivity index (χ4v) is 4.71. The molecule has 0 unspecified atom stereocenters. The summed E-state index contributed by atoms with van der Waals surface area (Å²) in [6, 6.07) is 0. The summed E-state index contributed by atoms with van der Waals surface area (Å²) >= 11 is -1.58. The zero-order valence-corrected chi connectivity index (χ0v) is 25.6. The van der Waals surface area contributed by atoms with Crippen molar-refractivity contribution in [3.8, 4) is 0 Å². The molecule has 1 rings (SSSR count). The van der Waals surface area contributed by atoms with Crippen LogP contribution < -0.4 is 0 Å². The van der Waals surface area contributed by atoms with Crippen molar-refractivity contribution in [1.29, 1.82) is 0 Å². The maximum Gasteiger partial charge on any atom is 0.400 e. The molecule has 0 aromatic carbocycles. The Balaban J connectivity index is 0. The minimum absolute atomic E-state index is 0.0559. The van der Waals surface area contributed by atoms with Crippen LogP contribution in [0.5, 0.6) is 0 Å². The SMILES string of the molecule is CC(C)OC1(OC(C)C)CCCCC1.CC(C)OS(=O)(=O)OC(C)C.CC(C)OS(=O)OC(C)C. The predicted octanol–water partition coefficient (Wildman–Crippen LogP) is 5.99. The first-order valence-electron chi connectivity index (χ1n) is 12.6. The second kappa shape index (κ2) is 19.0. The molecule has 35 heavy (non-hydrogen) atoms. The van der Waals surface area contributed by atoms with Crippen molar-refractivity contribution in [1.82, 2.24) is 0 Å². The molecule has 9 nitrogen and oxygen atoms in total. The van der Waals surface area contributed by atoms with Gasteiger partial charge in [0.05, 0.1) is 36.6 Å². The van der Waals surface area contributed by atoms with Gasteiger partial charge in [-0.15, -0.1) is 0 Å². The molecule has 0 heterocycles. The Labute approximate surface area is 218 Å². The molecule has 11 heteroatoms. The van der Waals surface area contributed by atoms with Crippen LogP contribution in [0, 0.1) is 0 Å².